The molecule has 4 N–H and O–H groups in total. The first-order valence-corrected chi connectivity index (χ1v) is 11.9. The summed E-state index contributed by atoms with van der Waals surface area (Å²) in [6.45, 7) is 16.1. The molecule has 0 radical (unpaired) electrons. The highest BCUT2D eigenvalue weighted by Gasteiger charge is 2.14. The quantitative estimate of drug-likeness (QED) is 0.286. The average molecular weight is 505 g/mol. The van der Waals surface area contributed by atoms with Crippen molar-refractivity contribution in [2.75, 3.05) is 5.32 Å². The molecule has 0 saturated carbocycles. The monoisotopic (exact) mass is 504 g/mol. The van der Waals surface area contributed by atoms with E-state index in [0.717, 1.165) is 11.3 Å². The number of aliphatic imine (C=N–C) groups is 2. The van der Waals surface area contributed by atoms with E-state index in [1.54, 1.807) is 19.1 Å². The minimum absolute atomic E-state index is 0.263. The van der Waals surface area contributed by atoms with Gasteiger partial charge in [-0.15, -0.1) is 0 Å². The van der Waals surface area contributed by atoms with Gasteiger partial charge in [-0.1, -0.05) is 59.6 Å². The number of nitrogens with one attached hydrogen (secondary N) is 1. The zero-order valence-corrected chi connectivity index (χ0v) is 22.5. The van der Waals surface area contributed by atoms with Gasteiger partial charge in [-0.3, -0.25) is 9.79 Å². The maximum absolute atomic E-state index is 11.9. The van der Waals surface area contributed by atoms with Crippen LogP contribution in [0.4, 0.5) is 16.2 Å². The molecule has 0 atom stereocenters. The number of hydrogen-bond acceptors (Lipinski definition) is 4. The zero-order chi connectivity index (χ0) is 27.1. The van der Waals surface area contributed by atoms with Crippen LogP contribution < -0.4 is 15.8 Å². The second-order valence-corrected chi connectivity index (χ2v) is 8.02. The van der Waals surface area contributed by atoms with E-state index < -0.39 is 17.8 Å². The molecule has 2 rings (SSSR count). The molecule has 2 aromatic rings. The molecule has 0 saturated heterocycles. The number of hydrogen-bond donors (Lipinski definition) is 3. The van der Waals surface area contributed by atoms with Crippen LogP contribution in [0.25, 0.3) is 0 Å². The summed E-state index contributed by atoms with van der Waals surface area (Å²) in [6.07, 6.45) is 1.57. The lowest BCUT2D eigenvalue weighted by molar-refractivity contribution is -0.110. The summed E-state index contributed by atoms with van der Waals surface area (Å²) in [5, 5.41) is 11.3. The van der Waals surface area contributed by atoms with Gasteiger partial charge in [0.15, 0.2) is 5.84 Å². The molecule has 9 heteroatoms. The summed E-state index contributed by atoms with van der Waals surface area (Å²) in [6, 6.07) is 8.63. The van der Waals surface area contributed by atoms with Gasteiger partial charge in [-0.2, -0.15) is 4.99 Å². The Bertz CT molecular complexity index is 1030. The molecule has 8 nitrogen and oxygen atoms in total. The van der Waals surface area contributed by atoms with Crippen molar-refractivity contribution in [3.8, 4) is 11.5 Å². The number of aryl methyl sites for hydroxylation is 2. The van der Waals surface area contributed by atoms with Crippen LogP contribution in [0.3, 0.4) is 0 Å². The van der Waals surface area contributed by atoms with Crippen molar-refractivity contribution in [3.05, 3.63) is 46.5 Å². The first kappa shape index (κ1) is 31.6. The Labute approximate surface area is 213 Å². The van der Waals surface area contributed by atoms with Gasteiger partial charge in [0.25, 0.3) is 5.91 Å². The van der Waals surface area contributed by atoms with Gasteiger partial charge < -0.3 is 20.9 Å². The second kappa shape index (κ2) is 16.3. The van der Waals surface area contributed by atoms with Gasteiger partial charge in [0.1, 0.15) is 11.5 Å². The Morgan fingerprint density at radius 3 is 2.23 bits per heavy atom. The molecular formula is C26H37ClN4O4. The Kier molecular flexibility index (Phi) is 14.7. The minimum atomic E-state index is -1.56. The number of nitrogens with two attached hydrogens (primary N) is 1. The first-order valence-electron chi connectivity index (χ1n) is 11.5. The SMILES string of the molecule is CC.CCC.Cc1cc(Oc2c(C)cc(NC(=O)/C(N)=N/C(=O)O)cc2Cl)ccc1N=CC(C)C. The van der Waals surface area contributed by atoms with Crippen LogP contribution in [-0.2, 0) is 4.79 Å². The van der Waals surface area contributed by atoms with Crippen molar-refractivity contribution in [2.45, 2.75) is 61.8 Å². The molecule has 0 aliphatic carbocycles. The van der Waals surface area contributed by atoms with E-state index in [1.165, 1.54) is 12.5 Å². The van der Waals surface area contributed by atoms with Gasteiger partial charge >= 0.3 is 6.09 Å². The number of carbonyl (C=O) groups is 2. The minimum Gasteiger partial charge on any atom is -0.463 e. The summed E-state index contributed by atoms with van der Waals surface area (Å²) in [5.74, 6) is -0.149. The van der Waals surface area contributed by atoms with Gasteiger partial charge in [-0.05, 0) is 61.2 Å². The lowest BCUT2D eigenvalue weighted by atomic mass is 10.1. The molecule has 2 aromatic carbocycles. The van der Waals surface area contributed by atoms with Crippen molar-refractivity contribution in [2.24, 2.45) is 21.6 Å². The summed E-state index contributed by atoms with van der Waals surface area (Å²) in [4.78, 5) is 29.8. The molecule has 0 bridgehead atoms. The highest BCUT2D eigenvalue weighted by molar-refractivity contribution is 6.42. The number of carboxylic acid groups (broad SMARTS) is 1. The summed E-state index contributed by atoms with van der Waals surface area (Å²) in [5.41, 5.74) is 8.13. The van der Waals surface area contributed by atoms with Crippen LogP contribution in [0.1, 0.15) is 59.1 Å². The molecule has 192 valence electrons. The number of benzene rings is 2. The standard InChI is InChI=1S/C21H23ClN4O4.C3H8.C2H6/c1-11(2)10-24-17-6-5-15(8-12(17)3)30-18-13(4)7-14(9-16(18)22)25-20(27)19(23)26-21(28)29;1-3-2;1-2/h5-11H,1-4H3,(H2,23,26)(H,25,27)(H,28,29);3H2,1-2H3;1-2H3. The van der Waals surface area contributed by atoms with Crippen molar-refractivity contribution in [1.29, 1.82) is 0 Å². The third kappa shape index (κ3) is 11.5. The summed E-state index contributed by atoms with van der Waals surface area (Å²) >= 11 is 6.33. The normalized spacial score (nSPS) is 10.7. The van der Waals surface area contributed by atoms with Gasteiger partial charge in [0.2, 0.25) is 0 Å². The number of rotatable bonds is 5. The number of halogens is 1. The number of carbonyl (C=O) groups excluding carboxylic acids is 1. The third-order valence-electron chi connectivity index (χ3n) is 3.84. The van der Waals surface area contributed by atoms with E-state index in [9.17, 15) is 9.59 Å². The summed E-state index contributed by atoms with van der Waals surface area (Å²) < 4.78 is 5.94. The number of amidine groups is 1. The van der Waals surface area contributed by atoms with Gasteiger partial charge in [0.05, 0.1) is 10.7 Å². The van der Waals surface area contributed by atoms with E-state index >= 15 is 0 Å². The van der Waals surface area contributed by atoms with Crippen LogP contribution >= 0.6 is 11.6 Å². The molecule has 0 aliphatic rings. The van der Waals surface area contributed by atoms with Crippen LogP contribution in [0.2, 0.25) is 5.02 Å². The van der Waals surface area contributed by atoms with E-state index in [1.807, 2.05) is 39.1 Å². The van der Waals surface area contributed by atoms with Crippen LogP contribution in [0, 0.1) is 19.8 Å². The van der Waals surface area contributed by atoms with Crippen LogP contribution in [0.5, 0.6) is 11.5 Å². The predicted octanol–water partition coefficient (Wildman–Crippen LogP) is 7.52. The molecule has 0 fully saturated rings. The molecule has 2 amide bonds. The lowest BCUT2D eigenvalue weighted by Crippen LogP contribution is -2.31. The smallest absolute Gasteiger partial charge is 0.433 e. The van der Waals surface area contributed by atoms with E-state index in [-0.39, 0.29) is 5.02 Å². The zero-order valence-electron chi connectivity index (χ0n) is 21.8. The van der Waals surface area contributed by atoms with Crippen molar-refractivity contribution in [3.63, 3.8) is 0 Å². The fraction of sp³-hybridized carbons (Fsp3) is 0.385. The molecule has 35 heavy (non-hydrogen) atoms. The third-order valence-corrected chi connectivity index (χ3v) is 4.12. The Balaban J connectivity index is 0.00000214. The topological polar surface area (TPSA) is 126 Å². The Hall–Kier alpha value is -3.39. The van der Waals surface area contributed by atoms with E-state index in [0.29, 0.717) is 28.7 Å². The number of nitrogens with zero attached hydrogens (tertiary/aromatic N) is 2. The van der Waals surface area contributed by atoms with Crippen LogP contribution in [0.15, 0.2) is 40.3 Å². The highest BCUT2D eigenvalue weighted by atomic mass is 35.5. The Morgan fingerprint density at radius 2 is 1.74 bits per heavy atom. The maximum atomic E-state index is 11.9. The van der Waals surface area contributed by atoms with Crippen molar-refractivity contribution < 1.29 is 19.4 Å². The second-order valence-electron chi connectivity index (χ2n) is 7.62. The number of amides is 2. The predicted molar refractivity (Wildman–Crippen MR) is 146 cm³/mol. The fourth-order valence-electron chi connectivity index (χ4n) is 2.46. The average Bonchev–Trinajstić information content (AvgIpc) is 2.77. The van der Waals surface area contributed by atoms with Gasteiger partial charge in [-0.25, -0.2) is 4.79 Å². The largest absolute Gasteiger partial charge is 0.463 e. The van der Waals surface area contributed by atoms with Crippen LogP contribution in [-0.4, -0.2) is 29.2 Å². The molecule has 0 aromatic heterocycles. The van der Waals surface area contributed by atoms with Gasteiger partial charge in [0, 0.05) is 11.9 Å². The fourth-order valence-corrected chi connectivity index (χ4v) is 2.77. The molecular weight excluding hydrogens is 468 g/mol. The van der Waals surface area contributed by atoms with E-state index in [4.69, 9.17) is 27.2 Å². The highest BCUT2D eigenvalue weighted by Crippen LogP contribution is 2.36. The Morgan fingerprint density at radius 1 is 1.14 bits per heavy atom. The lowest BCUT2D eigenvalue weighted by Gasteiger charge is -2.14. The molecule has 0 spiro atoms. The molecule has 0 aliphatic heterocycles. The number of anilines is 1. The van der Waals surface area contributed by atoms with Crippen molar-refractivity contribution >= 4 is 47.0 Å². The van der Waals surface area contributed by atoms with Crippen molar-refractivity contribution in [1.82, 2.24) is 0 Å². The maximum Gasteiger partial charge on any atom is 0.433 e. The number of ether oxygens (including phenoxy) is 1. The first-order chi connectivity index (χ1) is 16.5. The summed E-state index contributed by atoms with van der Waals surface area (Å²) in [7, 11) is 0. The molecule has 0 unspecified atom stereocenters. The molecule has 0 heterocycles. The van der Waals surface area contributed by atoms with E-state index in [2.05, 4.69) is 43.0 Å².